The fraction of sp³-hybridized carbons (Fsp3) is 0.308. The lowest BCUT2D eigenvalue weighted by molar-refractivity contribution is -0.116. The van der Waals surface area contributed by atoms with E-state index in [-0.39, 0.29) is 12.3 Å². The van der Waals surface area contributed by atoms with Gasteiger partial charge in [-0.3, -0.25) is 10.2 Å². The Morgan fingerprint density at radius 3 is 2.70 bits per heavy atom. The van der Waals surface area contributed by atoms with E-state index in [1.54, 1.807) is 23.7 Å². The third kappa shape index (κ3) is 3.74. The second-order valence-electron chi connectivity index (χ2n) is 4.14. The van der Waals surface area contributed by atoms with Crippen molar-refractivity contribution in [3.63, 3.8) is 0 Å². The lowest BCUT2D eigenvalue weighted by atomic mass is 10.1. The summed E-state index contributed by atoms with van der Waals surface area (Å²) in [7, 11) is 0. The van der Waals surface area contributed by atoms with Gasteiger partial charge < -0.3 is 0 Å². The van der Waals surface area contributed by atoms with Crippen molar-refractivity contribution in [2.75, 3.05) is 11.2 Å². The summed E-state index contributed by atoms with van der Waals surface area (Å²) in [4.78, 5) is 12.0. The van der Waals surface area contributed by atoms with Gasteiger partial charge in [0, 0.05) is 5.02 Å². The van der Waals surface area contributed by atoms with Crippen LogP contribution in [-0.4, -0.2) is 26.5 Å². The minimum Gasteiger partial charge on any atom is -0.273 e. The van der Waals surface area contributed by atoms with Crippen molar-refractivity contribution in [2.45, 2.75) is 25.4 Å². The SMILES string of the molecule is CCSc1nnc(C)n1NC(=O)Cc1ccc(Cl)cc1. The van der Waals surface area contributed by atoms with Crippen LogP contribution in [0, 0.1) is 6.92 Å². The molecular formula is C13H15ClN4OS. The van der Waals surface area contributed by atoms with E-state index in [0.717, 1.165) is 11.3 Å². The molecule has 0 aliphatic heterocycles. The van der Waals surface area contributed by atoms with E-state index in [0.29, 0.717) is 16.0 Å². The monoisotopic (exact) mass is 310 g/mol. The van der Waals surface area contributed by atoms with Gasteiger partial charge in [-0.15, -0.1) is 10.2 Å². The minimum atomic E-state index is -0.117. The minimum absolute atomic E-state index is 0.117. The summed E-state index contributed by atoms with van der Waals surface area (Å²) in [6.07, 6.45) is 0.283. The smallest absolute Gasteiger partial charge is 0.243 e. The lowest BCUT2D eigenvalue weighted by Gasteiger charge is -2.09. The number of hydrogen-bond acceptors (Lipinski definition) is 4. The zero-order valence-corrected chi connectivity index (χ0v) is 12.8. The van der Waals surface area contributed by atoms with Crippen molar-refractivity contribution >= 4 is 29.3 Å². The molecule has 0 spiro atoms. The number of rotatable bonds is 5. The Bertz CT molecular complexity index is 597. The molecule has 5 nitrogen and oxygen atoms in total. The van der Waals surface area contributed by atoms with Crippen LogP contribution in [0.3, 0.4) is 0 Å². The molecule has 7 heteroatoms. The molecule has 1 aromatic heterocycles. The molecule has 1 aromatic carbocycles. The average molecular weight is 311 g/mol. The van der Waals surface area contributed by atoms with E-state index in [4.69, 9.17) is 11.6 Å². The predicted octanol–water partition coefficient (Wildman–Crippen LogP) is 2.66. The third-order valence-electron chi connectivity index (χ3n) is 2.58. The number of nitrogens with zero attached hydrogens (tertiary/aromatic N) is 3. The topological polar surface area (TPSA) is 59.8 Å². The zero-order valence-electron chi connectivity index (χ0n) is 11.3. The Morgan fingerprint density at radius 1 is 1.35 bits per heavy atom. The number of halogens is 1. The highest BCUT2D eigenvalue weighted by atomic mass is 35.5. The standard InChI is InChI=1S/C13H15ClN4OS/c1-3-20-13-16-15-9(2)18(13)17-12(19)8-10-4-6-11(14)7-5-10/h4-7H,3,8H2,1-2H3,(H,17,19). The van der Waals surface area contributed by atoms with Gasteiger partial charge in [-0.1, -0.05) is 42.4 Å². The Morgan fingerprint density at radius 2 is 2.05 bits per heavy atom. The molecule has 0 bridgehead atoms. The molecule has 0 saturated heterocycles. The molecule has 0 radical (unpaired) electrons. The van der Waals surface area contributed by atoms with Gasteiger partial charge in [0.25, 0.3) is 0 Å². The zero-order chi connectivity index (χ0) is 14.5. The van der Waals surface area contributed by atoms with Gasteiger partial charge in [-0.25, -0.2) is 4.68 Å². The molecule has 0 atom stereocenters. The van der Waals surface area contributed by atoms with Crippen LogP contribution in [-0.2, 0) is 11.2 Å². The molecule has 1 amide bonds. The van der Waals surface area contributed by atoms with Crippen molar-refractivity contribution in [3.8, 4) is 0 Å². The maximum atomic E-state index is 12.0. The van der Waals surface area contributed by atoms with Crippen LogP contribution >= 0.6 is 23.4 Å². The van der Waals surface area contributed by atoms with Crippen molar-refractivity contribution in [2.24, 2.45) is 0 Å². The summed E-state index contributed by atoms with van der Waals surface area (Å²) in [6.45, 7) is 3.82. The maximum Gasteiger partial charge on any atom is 0.243 e. The highest BCUT2D eigenvalue weighted by molar-refractivity contribution is 7.99. The number of thioether (sulfide) groups is 1. The predicted molar refractivity (Wildman–Crippen MR) is 80.7 cm³/mol. The van der Waals surface area contributed by atoms with Gasteiger partial charge >= 0.3 is 0 Å². The summed E-state index contributed by atoms with van der Waals surface area (Å²) in [5.74, 6) is 1.41. The summed E-state index contributed by atoms with van der Waals surface area (Å²) in [5.41, 5.74) is 3.71. The van der Waals surface area contributed by atoms with Crippen LogP contribution in [0.1, 0.15) is 18.3 Å². The van der Waals surface area contributed by atoms with E-state index >= 15 is 0 Å². The number of hydrogen-bond donors (Lipinski definition) is 1. The highest BCUT2D eigenvalue weighted by Crippen LogP contribution is 2.15. The number of carbonyl (C=O) groups excluding carboxylic acids is 1. The quantitative estimate of drug-likeness (QED) is 0.863. The molecular weight excluding hydrogens is 296 g/mol. The normalized spacial score (nSPS) is 10.6. The number of nitrogens with one attached hydrogen (secondary N) is 1. The fourth-order valence-corrected chi connectivity index (χ4v) is 2.44. The van der Waals surface area contributed by atoms with Crippen molar-refractivity contribution in [1.82, 2.24) is 14.9 Å². The molecule has 0 saturated carbocycles. The van der Waals surface area contributed by atoms with Crippen LogP contribution in [0.15, 0.2) is 29.4 Å². The van der Waals surface area contributed by atoms with E-state index in [1.807, 2.05) is 19.1 Å². The Labute approximate surface area is 126 Å². The van der Waals surface area contributed by atoms with E-state index in [9.17, 15) is 4.79 Å². The molecule has 2 aromatic rings. The molecule has 0 fully saturated rings. The van der Waals surface area contributed by atoms with Gasteiger partial charge in [0.05, 0.1) is 6.42 Å². The first kappa shape index (κ1) is 14.9. The van der Waals surface area contributed by atoms with Gasteiger partial charge in [-0.05, 0) is 30.4 Å². The highest BCUT2D eigenvalue weighted by Gasteiger charge is 2.11. The maximum absolute atomic E-state index is 12.0. The number of amides is 1. The van der Waals surface area contributed by atoms with Crippen LogP contribution in [0.4, 0.5) is 0 Å². The molecule has 106 valence electrons. The van der Waals surface area contributed by atoms with Gasteiger partial charge in [0.1, 0.15) is 5.82 Å². The Kier molecular flexibility index (Phi) is 5.03. The lowest BCUT2D eigenvalue weighted by Crippen LogP contribution is -2.26. The van der Waals surface area contributed by atoms with Gasteiger partial charge in [-0.2, -0.15) is 0 Å². The Hall–Kier alpha value is -1.53. The van der Waals surface area contributed by atoms with Crippen LogP contribution < -0.4 is 5.43 Å². The van der Waals surface area contributed by atoms with Gasteiger partial charge in [0.15, 0.2) is 0 Å². The van der Waals surface area contributed by atoms with E-state index in [2.05, 4.69) is 15.6 Å². The first-order valence-corrected chi connectivity index (χ1v) is 7.55. The van der Waals surface area contributed by atoms with Crippen molar-refractivity contribution < 1.29 is 4.79 Å². The van der Waals surface area contributed by atoms with E-state index < -0.39 is 0 Å². The number of aromatic nitrogens is 3. The first-order valence-electron chi connectivity index (χ1n) is 6.19. The van der Waals surface area contributed by atoms with E-state index in [1.165, 1.54) is 11.8 Å². The summed E-state index contributed by atoms with van der Waals surface area (Å²) < 4.78 is 1.62. The number of benzene rings is 1. The second kappa shape index (κ2) is 6.76. The van der Waals surface area contributed by atoms with Crippen molar-refractivity contribution in [3.05, 3.63) is 40.7 Å². The average Bonchev–Trinajstić information content (AvgIpc) is 2.75. The molecule has 0 aliphatic rings. The molecule has 2 rings (SSSR count). The van der Waals surface area contributed by atoms with Gasteiger partial charge in [0.2, 0.25) is 11.1 Å². The largest absolute Gasteiger partial charge is 0.273 e. The Balaban J connectivity index is 2.04. The van der Waals surface area contributed by atoms with Crippen molar-refractivity contribution in [1.29, 1.82) is 0 Å². The number of aryl methyl sites for hydroxylation is 1. The molecule has 20 heavy (non-hydrogen) atoms. The molecule has 0 unspecified atom stereocenters. The molecule has 1 heterocycles. The number of carbonyl (C=O) groups is 1. The summed E-state index contributed by atoms with van der Waals surface area (Å²) in [6, 6.07) is 7.21. The van der Waals surface area contributed by atoms with Crippen LogP contribution in [0.25, 0.3) is 0 Å². The third-order valence-corrected chi connectivity index (χ3v) is 3.65. The second-order valence-corrected chi connectivity index (χ2v) is 5.80. The summed E-state index contributed by atoms with van der Waals surface area (Å²) >= 11 is 7.35. The molecule has 0 aliphatic carbocycles. The summed E-state index contributed by atoms with van der Waals surface area (Å²) in [5, 5.41) is 9.33. The van der Waals surface area contributed by atoms with Crippen LogP contribution in [0.5, 0.6) is 0 Å². The fourth-order valence-electron chi connectivity index (χ4n) is 1.65. The van der Waals surface area contributed by atoms with Crippen LogP contribution in [0.2, 0.25) is 5.02 Å². The molecule has 1 N–H and O–H groups in total. The first-order chi connectivity index (χ1) is 9.60.